The molecule has 0 aromatic carbocycles. The lowest BCUT2D eigenvalue weighted by atomic mass is 10.1. The molecule has 1 unspecified atom stereocenters. The van der Waals surface area contributed by atoms with Crippen LogP contribution in [0.4, 0.5) is 0 Å². The van der Waals surface area contributed by atoms with Crippen LogP contribution in [-0.2, 0) is 27.4 Å². The summed E-state index contributed by atoms with van der Waals surface area (Å²) in [6.45, 7) is 0.983. The lowest BCUT2D eigenvalue weighted by Crippen LogP contribution is -2.40. The van der Waals surface area contributed by atoms with Crippen LogP contribution in [0, 0.1) is 0 Å². The molecule has 1 aromatic heterocycles. The predicted octanol–water partition coefficient (Wildman–Crippen LogP) is -2.29. The van der Waals surface area contributed by atoms with Crippen LogP contribution in [0.3, 0.4) is 0 Å². The predicted molar refractivity (Wildman–Crippen MR) is 96.3 cm³/mol. The average molecular weight is 489 g/mol. The molecule has 2 aliphatic heterocycles. The van der Waals surface area contributed by atoms with E-state index in [4.69, 9.17) is 24.1 Å². The van der Waals surface area contributed by atoms with Crippen molar-refractivity contribution >= 4 is 15.6 Å². The molecule has 176 valence electrons. The lowest BCUT2D eigenvalue weighted by Gasteiger charge is -2.25. The fraction of sp³-hybridized carbons (Fsp3) is 0.692. The van der Waals surface area contributed by atoms with E-state index in [9.17, 15) is 29.0 Å². The maximum Gasteiger partial charge on any atom is 0.481 e. The summed E-state index contributed by atoms with van der Waals surface area (Å²) in [5.74, 6) is -0.00753. The Morgan fingerprint density at radius 2 is 1.84 bits per heavy atom. The standard InChI is InChI=1S/C13H21N3O13P2/c17-10-8(7-26-31(23,24)29-30(20,21)22)27-12(11(10)18)16-2-1-9(14-13(16)19)28-15-3-5-25-6-4-15/h1-2,8,10-12,17-18H,3-7H2,(H,23,24)(H2,20,21,22)/t8-,10-,11-,12-/m1/s1. The number of hydrogen-bond acceptors (Lipinski definition) is 12. The van der Waals surface area contributed by atoms with Crippen LogP contribution in [-0.4, -0.2) is 90.7 Å². The van der Waals surface area contributed by atoms with Crippen molar-refractivity contribution in [3.63, 3.8) is 0 Å². The molecule has 31 heavy (non-hydrogen) atoms. The number of hydroxylamine groups is 2. The Balaban J connectivity index is 1.64. The number of aromatic nitrogens is 2. The molecule has 3 rings (SSSR count). The molecule has 1 aromatic rings. The van der Waals surface area contributed by atoms with Gasteiger partial charge in [0.1, 0.15) is 18.3 Å². The molecule has 2 saturated heterocycles. The minimum atomic E-state index is -5.33. The lowest BCUT2D eigenvalue weighted by molar-refractivity contribution is -0.121. The second-order valence-electron chi connectivity index (χ2n) is 6.47. The van der Waals surface area contributed by atoms with Gasteiger partial charge in [0.15, 0.2) is 6.23 Å². The topological polar surface area (TPSA) is 220 Å². The number of phosphoric acid groups is 2. The Bertz CT molecular complexity index is 916. The van der Waals surface area contributed by atoms with E-state index in [1.165, 1.54) is 12.3 Å². The van der Waals surface area contributed by atoms with Gasteiger partial charge in [-0.1, -0.05) is 0 Å². The van der Waals surface area contributed by atoms with Crippen molar-refractivity contribution in [3.8, 4) is 5.88 Å². The maximum atomic E-state index is 12.3. The molecule has 0 aliphatic carbocycles. The highest BCUT2D eigenvalue weighted by Crippen LogP contribution is 2.57. The van der Waals surface area contributed by atoms with Crippen LogP contribution in [0.1, 0.15) is 6.23 Å². The Morgan fingerprint density at radius 3 is 2.45 bits per heavy atom. The van der Waals surface area contributed by atoms with Gasteiger partial charge in [0.2, 0.25) is 5.88 Å². The molecular weight excluding hydrogens is 468 g/mol. The Labute approximate surface area is 174 Å². The van der Waals surface area contributed by atoms with E-state index in [2.05, 4.69) is 13.8 Å². The quantitative estimate of drug-likeness (QED) is 0.243. The van der Waals surface area contributed by atoms with Gasteiger partial charge in [-0.25, -0.2) is 13.9 Å². The first-order valence-corrected chi connectivity index (χ1v) is 11.8. The van der Waals surface area contributed by atoms with Gasteiger partial charge in [-0.3, -0.25) is 9.09 Å². The Kier molecular flexibility index (Phi) is 7.63. The van der Waals surface area contributed by atoms with Gasteiger partial charge >= 0.3 is 21.3 Å². The normalized spacial score (nSPS) is 29.6. The third-order valence-corrected chi connectivity index (χ3v) is 6.37. The van der Waals surface area contributed by atoms with Crippen molar-refractivity contribution in [1.82, 2.24) is 14.6 Å². The summed E-state index contributed by atoms with van der Waals surface area (Å²) in [5.41, 5.74) is -0.874. The minimum absolute atomic E-state index is 0.00753. The maximum absolute atomic E-state index is 12.3. The molecule has 0 bridgehead atoms. The van der Waals surface area contributed by atoms with Gasteiger partial charge in [-0.05, 0) is 0 Å². The third-order valence-electron chi connectivity index (χ3n) is 4.22. The number of ether oxygens (including phenoxy) is 2. The average Bonchev–Trinajstić information content (AvgIpc) is 2.94. The van der Waals surface area contributed by atoms with Crippen LogP contribution >= 0.6 is 15.6 Å². The molecule has 5 N–H and O–H groups in total. The van der Waals surface area contributed by atoms with E-state index in [1.54, 1.807) is 5.06 Å². The van der Waals surface area contributed by atoms with E-state index in [0.717, 1.165) is 4.57 Å². The molecule has 5 atom stereocenters. The van der Waals surface area contributed by atoms with Gasteiger partial charge in [0, 0.05) is 12.3 Å². The highest BCUT2D eigenvalue weighted by atomic mass is 31.3. The molecule has 0 spiro atoms. The fourth-order valence-electron chi connectivity index (χ4n) is 2.83. The highest BCUT2D eigenvalue weighted by Gasteiger charge is 2.45. The summed E-state index contributed by atoms with van der Waals surface area (Å²) >= 11 is 0. The van der Waals surface area contributed by atoms with Crippen molar-refractivity contribution in [2.24, 2.45) is 0 Å². The molecule has 18 heteroatoms. The number of morpholine rings is 1. The second kappa shape index (κ2) is 9.70. The SMILES string of the molecule is O=c1nc(ON2CCOCC2)ccn1[C@@H]1O[C@H](COP(=O)(O)OP(=O)(O)O)[C@@H](O)[C@H]1O. The fourth-order valence-corrected chi connectivity index (χ4v) is 4.43. The Hall–Kier alpha value is -1.26. The number of nitrogens with zero attached hydrogens (tertiary/aromatic N) is 3. The van der Waals surface area contributed by atoms with Gasteiger partial charge in [0.25, 0.3) is 0 Å². The summed E-state index contributed by atoms with van der Waals surface area (Å²) in [7, 11) is -10.5. The summed E-state index contributed by atoms with van der Waals surface area (Å²) in [6.07, 6.45) is -4.97. The zero-order valence-corrected chi connectivity index (χ0v) is 17.5. The zero-order chi connectivity index (χ0) is 22.8. The van der Waals surface area contributed by atoms with Gasteiger partial charge in [-0.2, -0.15) is 9.29 Å². The Morgan fingerprint density at radius 1 is 1.16 bits per heavy atom. The van der Waals surface area contributed by atoms with E-state index in [1.807, 2.05) is 0 Å². The van der Waals surface area contributed by atoms with E-state index in [-0.39, 0.29) is 5.88 Å². The zero-order valence-electron chi connectivity index (χ0n) is 15.7. The monoisotopic (exact) mass is 489 g/mol. The second-order valence-corrected chi connectivity index (χ2v) is 9.30. The van der Waals surface area contributed by atoms with Crippen LogP contribution in [0.5, 0.6) is 5.88 Å². The number of hydrogen-bond donors (Lipinski definition) is 5. The number of aliphatic hydroxyl groups excluding tert-OH is 2. The van der Waals surface area contributed by atoms with Crippen molar-refractivity contribution in [1.29, 1.82) is 0 Å². The summed E-state index contributed by atoms with van der Waals surface area (Å²) in [5, 5.41) is 21.8. The number of rotatable bonds is 8. The molecule has 0 radical (unpaired) electrons. The van der Waals surface area contributed by atoms with Crippen LogP contribution < -0.4 is 10.5 Å². The molecule has 16 nitrogen and oxygen atoms in total. The summed E-state index contributed by atoms with van der Waals surface area (Å²) in [4.78, 5) is 48.0. The summed E-state index contributed by atoms with van der Waals surface area (Å²) in [6, 6.07) is 1.33. The number of phosphoric ester groups is 1. The largest absolute Gasteiger partial charge is 0.481 e. The first kappa shape index (κ1) is 24.4. The molecule has 0 amide bonds. The van der Waals surface area contributed by atoms with Crippen molar-refractivity contribution < 1.29 is 57.2 Å². The summed E-state index contributed by atoms with van der Waals surface area (Å²) < 4.78 is 41.5. The smallest absolute Gasteiger partial charge is 0.387 e. The first-order chi connectivity index (χ1) is 14.5. The van der Waals surface area contributed by atoms with Gasteiger partial charge < -0.3 is 39.2 Å². The van der Waals surface area contributed by atoms with E-state index >= 15 is 0 Å². The van der Waals surface area contributed by atoms with Crippen LogP contribution in [0.2, 0.25) is 0 Å². The first-order valence-electron chi connectivity index (χ1n) is 8.81. The third kappa shape index (κ3) is 6.61. The van der Waals surface area contributed by atoms with E-state index in [0.29, 0.717) is 26.3 Å². The molecular formula is C13H21N3O13P2. The van der Waals surface area contributed by atoms with Crippen LogP contribution in [0.25, 0.3) is 0 Å². The molecule has 0 saturated carbocycles. The van der Waals surface area contributed by atoms with Crippen LogP contribution in [0.15, 0.2) is 17.1 Å². The number of aliphatic hydroxyl groups is 2. The molecule has 2 aliphatic rings. The molecule has 3 heterocycles. The van der Waals surface area contributed by atoms with Gasteiger partial charge in [0.05, 0.1) is 32.9 Å². The van der Waals surface area contributed by atoms with Crippen molar-refractivity contribution in [2.45, 2.75) is 24.5 Å². The van der Waals surface area contributed by atoms with Gasteiger partial charge in [-0.15, -0.1) is 5.06 Å². The highest BCUT2D eigenvalue weighted by molar-refractivity contribution is 7.60. The van der Waals surface area contributed by atoms with Crippen molar-refractivity contribution in [3.05, 3.63) is 22.7 Å². The molecule has 2 fully saturated rings. The van der Waals surface area contributed by atoms with E-state index < -0.39 is 52.5 Å². The minimum Gasteiger partial charge on any atom is -0.387 e. The van der Waals surface area contributed by atoms with Crippen molar-refractivity contribution in [2.75, 3.05) is 32.9 Å².